The lowest BCUT2D eigenvalue weighted by Gasteiger charge is -2.19. The van der Waals surface area contributed by atoms with E-state index in [1.165, 1.54) is 122 Å². The molecule has 0 heterocycles. The van der Waals surface area contributed by atoms with Crippen molar-refractivity contribution in [1.29, 1.82) is 0 Å². The molecular formula is C94H112ClN15O18S. The van der Waals surface area contributed by atoms with Gasteiger partial charge in [0, 0.05) is 106 Å². The third-order valence-corrected chi connectivity index (χ3v) is 18.9. The highest BCUT2D eigenvalue weighted by Gasteiger charge is 2.26. The molecule has 2 atom stereocenters. The molecule has 11 aromatic rings. The van der Waals surface area contributed by atoms with Crippen molar-refractivity contribution in [3.8, 4) is 46.0 Å². The predicted molar refractivity (Wildman–Crippen MR) is 509 cm³/mol. The second-order valence-corrected chi connectivity index (χ2v) is 29.2. The van der Waals surface area contributed by atoms with E-state index in [-0.39, 0.29) is 164 Å². The number of methoxy groups -OCH3 is 1. The first-order valence-corrected chi connectivity index (χ1v) is 40.0. The first-order valence-electron chi connectivity index (χ1n) is 39.6. The van der Waals surface area contributed by atoms with Crippen LogP contribution in [0.3, 0.4) is 0 Å². The summed E-state index contributed by atoms with van der Waals surface area (Å²) >= 11 is 5.75. The minimum absolute atomic E-state index is 0. The lowest BCUT2D eigenvalue weighted by atomic mass is 10.0. The standard InChI is InChI=1S/C17H18N2O5.C16H18N2O2.2C15H16N2O2.C12H17N3O3.C11H15ClN2O2.C8H10N2O2.H2S/c1-24-12-5-2-10(3-6-12)8-14(17(22)23)19-16(21)13-9-11(18)4-7-15(13)20;1-10(2)11-3-6-13(7-4-11)18-16(20)14-9-12(17)5-8-15(14)19;1-17(10-11-5-3-2-4-6-11)15(19)13-9-12(16)7-8-14(13)18;1-10(11-5-3-2-4-6-11)17-15(19)13-9-12(16)7-8-14(13)18;1-4-10(16)14-9-6-7(13)5-8(11(9)17)12(18)15(2)3;1-3-14(4-2)11(16)8-5-7(13)6-9(12)10(8)15;1-10-8(12)6-4-5(9)2-3-7(6)11;/h2-7,9,14,20H,8,18H2,1H3,(H,19,21)(H,22,23);3-10,19H,17H2,1-2H3,(H,18,20);2-9,18H,10,16H2,1H3;2-10,18H,16H2,1H3,(H,17,19);5-6,17H,4,13H2,1-3H3,(H,14,16);5-6,15H,3-4,13H2,1-2H3;2-4,11H,9H2,1H3,(H,10,12);1H2. The van der Waals surface area contributed by atoms with Gasteiger partial charge in [0.1, 0.15) is 46.3 Å². The number of hydrogen-bond donors (Lipinski definition) is 20. The third kappa shape index (κ3) is 33.1. The lowest BCUT2D eigenvalue weighted by Crippen LogP contribution is -2.42. The molecule has 0 aliphatic rings. The molecule has 33 nitrogen and oxygen atoms in total. The summed E-state index contributed by atoms with van der Waals surface area (Å²) in [6, 6.07) is 59.8. The van der Waals surface area contributed by atoms with Crippen LogP contribution in [0.15, 0.2) is 224 Å². The molecule has 2 unspecified atom stereocenters. The number of phenolic OH excluding ortho intramolecular Hbond substituents is 7. The number of hydrogen-bond acceptors (Lipinski definition) is 24. The fourth-order valence-corrected chi connectivity index (χ4v) is 11.7. The molecule has 0 fully saturated rings. The summed E-state index contributed by atoms with van der Waals surface area (Å²) in [7, 11) is 7.85. The fraction of sp³-hybridized carbons (Fsp3) is 0.202. The maximum atomic E-state index is 12.2. The van der Waals surface area contributed by atoms with E-state index >= 15 is 0 Å². The molecular weight excluding hydrogens is 1690 g/mol. The van der Waals surface area contributed by atoms with Gasteiger partial charge in [-0.15, -0.1) is 0 Å². The number of carbonyl (C=O) groups is 9. The number of carboxylic acid groups (broad SMARTS) is 1. The third-order valence-electron chi connectivity index (χ3n) is 18.6. The van der Waals surface area contributed by atoms with Crippen molar-refractivity contribution < 1.29 is 88.7 Å². The first-order chi connectivity index (χ1) is 60.5. The zero-order valence-corrected chi connectivity index (χ0v) is 74.8. The minimum atomic E-state index is -1.18. The number of rotatable bonds is 22. The Labute approximate surface area is 759 Å². The van der Waals surface area contributed by atoms with Crippen LogP contribution in [0.4, 0.5) is 51.2 Å². The number of carboxylic acids is 1. The number of benzene rings is 11. The Balaban J connectivity index is 0.000000317. The van der Waals surface area contributed by atoms with Crippen molar-refractivity contribution in [2.24, 2.45) is 0 Å². The van der Waals surface area contributed by atoms with Crippen LogP contribution >= 0.6 is 25.1 Å². The zero-order valence-electron chi connectivity index (χ0n) is 73.1. The smallest absolute Gasteiger partial charge is 0.326 e. The van der Waals surface area contributed by atoms with Gasteiger partial charge in [0.2, 0.25) is 5.91 Å². The first kappa shape index (κ1) is 106. The van der Waals surface area contributed by atoms with Crippen LogP contribution in [-0.2, 0) is 22.6 Å². The molecule has 0 aromatic heterocycles. The van der Waals surface area contributed by atoms with Gasteiger partial charge < -0.3 is 127 Å². The summed E-state index contributed by atoms with van der Waals surface area (Å²) in [5.74, 6) is -4.08. The Bertz CT molecular complexity index is 5640. The van der Waals surface area contributed by atoms with Crippen LogP contribution < -0.4 is 71.5 Å². The van der Waals surface area contributed by atoms with E-state index < -0.39 is 17.9 Å². The van der Waals surface area contributed by atoms with E-state index in [1.54, 1.807) is 80.3 Å². The van der Waals surface area contributed by atoms with Gasteiger partial charge in [0.15, 0.2) is 5.75 Å². The molecule has 129 heavy (non-hydrogen) atoms. The van der Waals surface area contributed by atoms with Crippen LogP contribution in [0, 0.1) is 0 Å². The van der Waals surface area contributed by atoms with Crippen molar-refractivity contribution in [1.82, 2.24) is 30.7 Å². The van der Waals surface area contributed by atoms with E-state index in [0.29, 0.717) is 76.8 Å². The van der Waals surface area contributed by atoms with Gasteiger partial charge in [0.25, 0.3) is 41.4 Å². The van der Waals surface area contributed by atoms with Crippen LogP contribution in [0.1, 0.15) is 155 Å². The number of amides is 8. The molecule has 0 bridgehead atoms. The number of ether oxygens (including phenoxy) is 1. The van der Waals surface area contributed by atoms with E-state index in [4.69, 9.17) is 56.5 Å². The summed E-state index contributed by atoms with van der Waals surface area (Å²) in [5.41, 5.74) is 47.5. The molecule has 0 aliphatic carbocycles. The fourth-order valence-electron chi connectivity index (χ4n) is 11.5. The number of anilines is 9. The molecule has 684 valence electrons. The number of nitrogens with zero attached hydrogens (tertiary/aromatic N) is 3. The van der Waals surface area contributed by atoms with Crippen LogP contribution in [0.5, 0.6) is 46.0 Å². The van der Waals surface area contributed by atoms with E-state index in [2.05, 4.69) is 40.4 Å². The van der Waals surface area contributed by atoms with Gasteiger partial charge in [-0.1, -0.05) is 117 Å². The van der Waals surface area contributed by atoms with Crippen molar-refractivity contribution in [2.75, 3.05) is 99.2 Å². The molecule has 0 saturated carbocycles. The summed E-state index contributed by atoms with van der Waals surface area (Å²) in [6.45, 7) is 13.1. The van der Waals surface area contributed by atoms with E-state index in [9.17, 15) is 84.0 Å². The molecule has 11 aromatic carbocycles. The number of nitrogens with two attached hydrogens (primary N) is 7. The summed E-state index contributed by atoms with van der Waals surface area (Å²) in [4.78, 5) is 111. The Morgan fingerprint density at radius 2 is 0.837 bits per heavy atom. The number of aliphatic carboxylic acids is 1. The van der Waals surface area contributed by atoms with Gasteiger partial charge in [0.05, 0.1) is 62.8 Å². The Kier molecular flexibility index (Phi) is 42.2. The van der Waals surface area contributed by atoms with E-state index in [1.807, 2.05) is 106 Å². The normalized spacial score (nSPS) is 10.6. The van der Waals surface area contributed by atoms with Crippen molar-refractivity contribution in [3.05, 3.63) is 291 Å². The Hall–Kier alpha value is -15.7. The highest BCUT2D eigenvalue weighted by Crippen LogP contribution is 2.34. The van der Waals surface area contributed by atoms with E-state index in [0.717, 1.165) is 16.7 Å². The van der Waals surface area contributed by atoms with Crippen LogP contribution in [-0.4, -0.2) is 163 Å². The van der Waals surface area contributed by atoms with Gasteiger partial charge in [-0.3, -0.25) is 38.4 Å². The Morgan fingerprint density at radius 1 is 0.426 bits per heavy atom. The highest BCUT2D eigenvalue weighted by molar-refractivity contribution is 7.59. The average Bonchev–Trinajstić information content (AvgIpc) is 0.772. The number of halogens is 1. The summed E-state index contributed by atoms with van der Waals surface area (Å²) in [5, 5.41) is 89.9. The molecule has 8 amide bonds. The monoisotopic (exact) mass is 1810 g/mol. The molecule has 0 radical (unpaired) electrons. The van der Waals surface area contributed by atoms with Crippen LogP contribution in [0.25, 0.3) is 0 Å². The van der Waals surface area contributed by atoms with Crippen molar-refractivity contribution in [3.63, 3.8) is 0 Å². The number of aromatic hydroxyl groups is 7. The number of phenols is 7. The largest absolute Gasteiger partial charge is 0.507 e. The summed E-state index contributed by atoms with van der Waals surface area (Å²) in [6.07, 6.45) is 0.360. The highest BCUT2D eigenvalue weighted by atomic mass is 35.5. The lowest BCUT2D eigenvalue weighted by molar-refractivity contribution is -0.139. The van der Waals surface area contributed by atoms with Gasteiger partial charge >= 0.3 is 5.97 Å². The SMILES string of the molecule is CC(C)c1ccc(NC(=O)c2cc(N)ccc2O)cc1.CC(NC(=O)c1cc(N)ccc1O)c1ccccc1.CCC(=O)Nc1cc(N)cc(C(=O)N(C)C)c1O.CCN(CC)C(=O)c1cc(N)cc(Cl)c1O.CN(Cc1ccccc1)C(=O)c1cc(N)ccc1O.CNC(=O)c1cc(N)ccc1O.COc1ccc(CC(NC(=O)c2cc(N)ccc2O)C(=O)O)cc1.S. The molecule has 0 aliphatic heterocycles. The molecule has 0 spiro atoms. The predicted octanol–water partition coefficient (Wildman–Crippen LogP) is 13.1. The van der Waals surface area contributed by atoms with Crippen molar-refractivity contribution >= 4 is 130 Å². The molecule has 0 saturated heterocycles. The minimum Gasteiger partial charge on any atom is -0.507 e. The van der Waals surface area contributed by atoms with Crippen molar-refractivity contribution in [2.45, 2.75) is 78.9 Å². The van der Waals surface area contributed by atoms with Crippen LogP contribution in [0.2, 0.25) is 5.02 Å². The average molecular weight is 1810 g/mol. The molecule has 35 heteroatoms. The number of carbonyl (C=O) groups excluding carboxylic acids is 8. The molecule has 27 N–H and O–H groups in total. The van der Waals surface area contributed by atoms with Gasteiger partial charge in [-0.2, -0.15) is 13.5 Å². The maximum Gasteiger partial charge on any atom is 0.326 e. The Morgan fingerprint density at radius 3 is 1.26 bits per heavy atom. The van der Waals surface area contributed by atoms with Gasteiger partial charge in [-0.25, -0.2) is 4.79 Å². The quantitative estimate of drug-likeness (QED) is 0.0170. The second kappa shape index (κ2) is 51.5. The number of nitrogens with one attached hydrogen (secondary N) is 5. The number of nitrogen functional groups attached to an aromatic ring is 7. The topological polar surface area (TPSA) is 577 Å². The summed E-state index contributed by atoms with van der Waals surface area (Å²) < 4.78 is 5.04. The van der Waals surface area contributed by atoms with Gasteiger partial charge in [-0.05, 0) is 188 Å². The second-order valence-electron chi connectivity index (χ2n) is 28.8. The zero-order chi connectivity index (χ0) is 95.3. The maximum absolute atomic E-state index is 12.2. The molecule has 11 rings (SSSR count).